The van der Waals surface area contributed by atoms with E-state index in [1.807, 2.05) is 32.3 Å². The maximum atomic E-state index is 11.3. The molecule has 2 atom stereocenters. The molecule has 0 spiro atoms. The maximum absolute atomic E-state index is 11.3. The second kappa shape index (κ2) is 10.1. The molecule has 0 aliphatic heterocycles. The highest BCUT2D eigenvalue weighted by molar-refractivity contribution is 5.70. The third-order valence-corrected chi connectivity index (χ3v) is 6.18. The van der Waals surface area contributed by atoms with Crippen LogP contribution in [0.3, 0.4) is 0 Å². The summed E-state index contributed by atoms with van der Waals surface area (Å²) in [7, 11) is 1.85. The maximum Gasteiger partial charge on any atom is 0.306 e. The number of rotatable bonds is 9. The van der Waals surface area contributed by atoms with Crippen molar-refractivity contribution in [3.63, 3.8) is 0 Å². The third kappa shape index (κ3) is 5.37. The third-order valence-electron chi connectivity index (χ3n) is 6.18. The first-order chi connectivity index (χ1) is 15.9. The molecule has 3 aromatic heterocycles. The Hall–Kier alpha value is -3.30. The predicted octanol–water partition coefficient (Wildman–Crippen LogP) is 3.19. The first-order valence-electron chi connectivity index (χ1n) is 11.6. The Morgan fingerprint density at radius 1 is 1.24 bits per heavy atom. The number of hydrogen-bond donors (Lipinski definition) is 1. The van der Waals surface area contributed by atoms with E-state index in [0.29, 0.717) is 36.5 Å². The zero-order valence-electron chi connectivity index (χ0n) is 19.4. The Balaban J connectivity index is 1.49. The molecule has 1 fully saturated rings. The van der Waals surface area contributed by atoms with Crippen molar-refractivity contribution in [1.82, 2.24) is 35.0 Å². The van der Waals surface area contributed by atoms with Gasteiger partial charge in [0.15, 0.2) is 0 Å². The van der Waals surface area contributed by atoms with Gasteiger partial charge in [-0.05, 0) is 57.6 Å². The molecule has 3 aromatic rings. The van der Waals surface area contributed by atoms with E-state index >= 15 is 0 Å². The zero-order chi connectivity index (χ0) is 23.4. The molecule has 0 amide bonds. The van der Waals surface area contributed by atoms with Gasteiger partial charge in [-0.2, -0.15) is 0 Å². The van der Waals surface area contributed by atoms with E-state index in [1.54, 1.807) is 9.36 Å². The minimum atomic E-state index is -0.742. The molecule has 10 nitrogen and oxygen atoms in total. The van der Waals surface area contributed by atoms with Crippen LogP contribution in [0.25, 0.3) is 11.4 Å². The van der Waals surface area contributed by atoms with Crippen molar-refractivity contribution in [2.24, 2.45) is 13.0 Å². The van der Waals surface area contributed by atoms with E-state index in [4.69, 9.17) is 9.72 Å². The lowest BCUT2D eigenvalue weighted by molar-refractivity contribution is -0.143. The smallest absolute Gasteiger partial charge is 0.306 e. The van der Waals surface area contributed by atoms with Crippen LogP contribution in [0.1, 0.15) is 62.5 Å². The second-order valence-corrected chi connectivity index (χ2v) is 8.74. The lowest BCUT2D eigenvalue weighted by Crippen LogP contribution is -2.29. The van der Waals surface area contributed by atoms with Crippen molar-refractivity contribution in [2.75, 3.05) is 0 Å². The number of nitrogens with zero attached hydrogens (tertiary/aromatic N) is 7. The summed E-state index contributed by atoms with van der Waals surface area (Å²) in [5, 5.41) is 26.4. The zero-order valence-corrected chi connectivity index (χ0v) is 19.4. The van der Waals surface area contributed by atoms with Crippen LogP contribution in [-0.4, -0.2) is 52.2 Å². The van der Waals surface area contributed by atoms with Gasteiger partial charge < -0.3 is 9.84 Å². The van der Waals surface area contributed by atoms with Crippen molar-refractivity contribution in [1.29, 1.82) is 0 Å². The van der Waals surface area contributed by atoms with Crippen molar-refractivity contribution < 1.29 is 14.6 Å². The van der Waals surface area contributed by atoms with Gasteiger partial charge in [-0.3, -0.25) is 4.79 Å². The number of aromatic nitrogens is 7. The summed E-state index contributed by atoms with van der Waals surface area (Å²) in [5.74, 6) is -0.400. The molecule has 3 heterocycles. The molecular weight excluding hydrogens is 422 g/mol. The van der Waals surface area contributed by atoms with Crippen molar-refractivity contribution >= 4 is 5.97 Å². The molecule has 1 aliphatic carbocycles. The number of carboxylic acid groups (broad SMARTS) is 1. The van der Waals surface area contributed by atoms with Crippen molar-refractivity contribution in [3.05, 3.63) is 35.4 Å². The summed E-state index contributed by atoms with van der Waals surface area (Å²) < 4.78 is 9.67. The Morgan fingerprint density at radius 3 is 2.85 bits per heavy atom. The minimum Gasteiger partial charge on any atom is -0.489 e. The average Bonchev–Trinajstić information content (AvgIpc) is 3.41. The summed E-state index contributed by atoms with van der Waals surface area (Å²) in [6, 6.07) is 3.76. The molecule has 0 radical (unpaired) electrons. The van der Waals surface area contributed by atoms with Crippen LogP contribution < -0.4 is 4.74 Å². The summed E-state index contributed by atoms with van der Waals surface area (Å²) in [5.41, 5.74) is 4.02. The number of aryl methyl sites for hydroxylation is 3. The molecule has 176 valence electrons. The fraction of sp³-hybridized carbons (Fsp3) is 0.565. The number of pyridine rings is 1. The normalized spacial score (nSPS) is 18.4. The molecular formula is C23H31N7O3. The molecule has 1 N–H and O–H groups in total. The summed E-state index contributed by atoms with van der Waals surface area (Å²) in [6.45, 7) is 4.55. The van der Waals surface area contributed by atoms with Crippen LogP contribution in [0, 0.1) is 12.8 Å². The van der Waals surface area contributed by atoms with Crippen LogP contribution in [0.2, 0.25) is 0 Å². The van der Waals surface area contributed by atoms with Crippen LogP contribution in [0.4, 0.5) is 0 Å². The minimum absolute atomic E-state index is 0.104. The van der Waals surface area contributed by atoms with Gasteiger partial charge in [-0.25, -0.2) is 14.3 Å². The predicted molar refractivity (Wildman–Crippen MR) is 121 cm³/mol. The number of carboxylic acids is 1. The van der Waals surface area contributed by atoms with Gasteiger partial charge >= 0.3 is 5.97 Å². The van der Waals surface area contributed by atoms with E-state index in [9.17, 15) is 9.90 Å². The summed E-state index contributed by atoms with van der Waals surface area (Å²) in [6.07, 6.45) is 7.96. The van der Waals surface area contributed by atoms with E-state index in [2.05, 4.69) is 27.5 Å². The van der Waals surface area contributed by atoms with Crippen molar-refractivity contribution in [3.8, 4) is 17.1 Å². The largest absolute Gasteiger partial charge is 0.489 e. The number of ether oxygens (including phenoxy) is 1. The molecule has 1 saturated carbocycles. The lowest BCUT2D eigenvalue weighted by atomic mass is 9.87. The number of hydrogen-bond acceptors (Lipinski definition) is 7. The number of unbranched alkanes of at least 4 members (excludes halogenated alkanes) is 1. The SMILES string of the molecule is CCCCc1cn(Cc2c(-c3ccc(O[C@H]4CCC[C@H](C(=O)O)C4)c(C)n3)nnn2C)nn1. The van der Waals surface area contributed by atoms with Gasteiger partial charge in [0.25, 0.3) is 0 Å². The van der Waals surface area contributed by atoms with Gasteiger partial charge in [0.05, 0.1) is 41.3 Å². The fourth-order valence-corrected chi connectivity index (χ4v) is 4.26. The average molecular weight is 454 g/mol. The monoisotopic (exact) mass is 453 g/mol. The second-order valence-electron chi connectivity index (χ2n) is 8.74. The molecule has 10 heteroatoms. The van der Waals surface area contributed by atoms with Gasteiger partial charge in [0.1, 0.15) is 11.4 Å². The Kier molecular flexibility index (Phi) is 7.00. The van der Waals surface area contributed by atoms with Gasteiger partial charge in [0, 0.05) is 13.2 Å². The Labute approximate surface area is 193 Å². The molecule has 0 aromatic carbocycles. The molecule has 0 unspecified atom stereocenters. The summed E-state index contributed by atoms with van der Waals surface area (Å²) in [4.78, 5) is 16.1. The van der Waals surface area contributed by atoms with Gasteiger partial charge in [-0.15, -0.1) is 10.2 Å². The van der Waals surface area contributed by atoms with E-state index in [1.165, 1.54) is 0 Å². The van der Waals surface area contributed by atoms with Gasteiger partial charge in [-0.1, -0.05) is 23.8 Å². The fourth-order valence-electron chi connectivity index (χ4n) is 4.26. The van der Waals surface area contributed by atoms with Crippen LogP contribution in [0.5, 0.6) is 5.75 Å². The quantitative estimate of drug-likeness (QED) is 0.524. The Morgan fingerprint density at radius 2 is 2.09 bits per heavy atom. The van der Waals surface area contributed by atoms with Gasteiger partial charge in [0.2, 0.25) is 0 Å². The van der Waals surface area contributed by atoms with Crippen LogP contribution >= 0.6 is 0 Å². The molecule has 1 aliphatic rings. The lowest BCUT2D eigenvalue weighted by Gasteiger charge is -2.27. The Bertz CT molecular complexity index is 1110. The molecule has 0 saturated heterocycles. The highest BCUT2D eigenvalue weighted by Gasteiger charge is 2.28. The first kappa shape index (κ1) is 22.9. The van der Waals surface area contributed by atoms with E-state index in [-0.39, 0.29) is 12.0 Å². The number of carbonyl (C=O) groups is 1. The topological polar surface area (TPSA) is 121 Å². The van der Waals surface area contributed by atoms with Crippen LogP contribution in [0.15, 0.2) is 18.3 Å². The number of aliphatic carboxylic acids is 1. The van der Waals surface area contributed by atoms with E-state index < -0.39 is 5.97 Å². The molecule has 33 heavy (non-hydrogen) atoms. The van der Waals surface area contributed by atoms with Crippen LogP contribution in [-0.2, 0) is 24.8 Å². The van der Waals surface area contributed by atoms with E-state index in [0.717, 1.165) is 49.2 Å². The first-order valence-corrected chi connectivity index (χ1v) is 11.6. The highest BCUT2D eigenvalue weighted by atomic mass is 16.5. The highest BCUT2D eigenvalue weighted by Crippen LogP contribution is 2.30. The standard InChI is InChI=1S/C23H31N7O3/c1-4-5-8-17-13-30(28-25-17)14-20-22(26-27-29(20)3)19-10-11-21(15(2)24-19)33-18-9-6-7-16(12-18)23(31)32/h10-11,13,16,18H,4-9,12,14H2,1-3H3,(H,31,32)/t16-,18-/m0/s1. The van der Waals surface area contributed by atoms with Crippen molar-refractivity contribution in [2.45, 2.75) is 71.4 Å². The summed E-state index contributed by atoms with van der Waals surface area (Å²) >= 11 is 0. The molecule has 0 bridgehead atoms. The molecule has 4 rings (SSSR count).